The van der Waals surface area contributed by atoms with E-state index in [2.05, 4.69) is 22.0 Å². The summed E-state index contributed by atoms with van der Waals surface area (Å²) in [5, 5.41) is 9.30. The summed E-state index contributed by atoms with van der Waals surface area (Å²) in [4.78, 5) is 6.76. The van der Waals surface area contributed by atoms with Gasteiger partial charge in [0.15, 0.2) is 0 Å². The van der Waals surface area contributed by atoms with Gasteiger partial charge >= 0.3 is 0 Å². The first-order valence-electron chi connectivity index (χ1n) is 9.07. The predicted molar refractivity (Wildman–Crippen MR) is 100 cm³/mol. The molecule has 4 rings (SSSR count). The van der Waals surface area contributed by atoms with E-state index in [1.165, 1.54) is 18.4 Å². The Balaban J connectivity index is 1.55. The fourth-order valence-electron chi connectivity index (χ4n) is 3.73. The number of benzene rings is 1. The number of nitriles is 1. The fourth-order valence-corrected chi connectivity index (χ4v) is 3.73. The van der Waals surface area contributed by atoms with Crippen LogP contribution in [0, 0.1) is 11.3 Å². The molecule has 0 saturated carbocycles. The van der Waals surface area contributed by atoms with Crippen LogP contribution in [-0.2, 0) is 6.54 Å². The van der Waals surface area contributed by atoms with Crippen LogP contribution in [0.25, 0.3) is 11.3 Å². The minimum absolute atomic E-state index is 0.386. The van der Waals surface area contributed by atoms with E-state index < -0.39 is 0 Å². The molecule has 0 bridgehead atoms. The van der Waals surface area contributed by atoms with Gasteiger partial charge in [0.05, 0.1) is 18.2 Å². The molecule has 1 aliphatic heterocycles. The predicted octanol–water partition coefficient (Wildman–Crippen LogP) is 4.94. The Hall–Kier alpha value is -2.90. The number of rotatable bonds is 4. The monoisotopic (exact) mass is 343 g/mol. The van der Waals surface area contributed by atoms with Gasteiger partial charge in [0.25, 0.3) is 0 Å². The maximum Gasteiger partial charge on any atom is 0.135 e. The first kappa shape index (κ1) is 16.6. The molecular formula is C22H21N3O. The SMILES string of the molecule is N#Cc1ccccc1-c1ccc(CN2CCCC[C@@H]2c2cccnc2)o1. The minimum atomic E-state index is 0.386. The average molecular weight is 343 g/mol. The summed E-state index contributed by atoms with van der Waals surface area (Å²) in [6.45, 7) is 1.83. The van der Waals surface area contributed by atoms with Crippen LogP contribution in [0.3, 0.4) is 0 Å². The molecule has 0 spiro atoms. The first-order valence-corrected chi connectivity index (χ1v) is 9.07. The Morgan fingerprint density at radius 3 is 2.88 bits per heavy atom. The molecule has 0 amide bonds. The molecule has 26 heavy (non-hydrogen) atoms. The number of likely N-dealkylation sites (tertiary alicyclic amines) is 1. The van der Waals surface area contributed by atoms with Crippen molar-refractivity contribution in [3.8, 4) is 17.4 Å². The average Bonchev–Trinajstić information content (AvgIpc) is 3.17. The Labute approximate surface area is 153 Å². The Morgan fingerprint density at radius 1 is 1.12 bits per heavy atom. The number of aromatic nitrogens is 1. The molecule has 4 heteroatoms. The highest BCUT2D eigenvalue weighted by molar-refractivity contribution is 5.66. The van der Waals surface area contributed by atoms with Gasteiger partial charge in [0.2, 0.25) is 0 Å². The Kier molecular flexibility index (Phi) is 4.81. The van der Waals surface area contributed by atoms with E-state index in [-0.39, 0.29) is 0 Å². The third kappa shape index (κ3) is 3.40. The van der Waals surface area contributed by atoms with Crippen molar-refractivity contribution in [2.45, 2.75) is 31.8 Å². The van der Waals surface area contributed by atoms with E-state index in [4.69, 9.17) is 4.42 Å². The summed E-state index contributed by atoms with van der Waals surface area (Å²) in [6.07, 6.45) is 7.40. The molecule has 1 fully saturated rings. The third-order valence-electron chi connectivity index (χ3n) is 5.02. The lowest BCUT2D eigenvalue weighted by Gasteiger charge is -2.35. The molecule has 0 radical (unpaired) electrons. The standard InChI is InChI=1S/C22H21N3O/c23-14-17-6-1-2-8-20(17)22-11-10-19(26-22)16-25-13-4-3-9-21(25)18-7-5-12-24-15-18/h1-2,5-8,10-12,15,21H,3-4,9,13,16H2/t21-/m1/s1. The van der Waals surface area contributed by atoms with Gasteiger partial charge in [-0.05, 0) is 55.3 Å². The highest BCUT2D eigenvalue weighted by Crippen LogP contribution is 2.33. The van der Waals surface area contributed by atoms with Crippen molar-refractivity contribution < 1.29 is 4.42 Å². The number of hydrogen-bond donors (Lipinski definition) is 0. The van der Waals surface area contributed by atoms with Gasteiger partial charge in [-0.25, -0.2) is 0 Å². The molecule has 1 aromatic carbocycles. The van der Waals surface area contributed by atoms with Crippen LogP contribution in [0.4, 0.5) is 0 Å². The molecule has 1 aliphatic rings. The summed E-state index contributed by atoms with van der Waals surface area (Å²) in [5.74, 6) is 1.69. The van der Waals surface area contributed by atoms with Crippen molar-refractivity contribution in [2.24, 2.45) is 0 Å². The summed E-state index contributed by atoms with van der Waals surface area (Å²) in [6, 6.07) is 18.3. The van der Waals surface area contributed by atoms with E-state index >= 15 is 0 Å². The zero-order chi connectivity index (χ0) is 17.8. The fraction of sp³-hybridized carbons (Fsp3) is 0.273. The highest BCUT2D eigenvalue weighted by Gasteiger charge is 2.25. The van der Waals surface area contributed by atoms with Crippen LogP contribution in [0.5, 0.6) is 0 Å². The lowest BCUT2D eigenvalue weighted by Crippen LogP contribution is -2.32. The maximum atomic E-state index is 9.30. The van der Waals surface area contributed by atoms with Crippen molar-refractivity contribution in [3.63, 3.8) is 0 Å². The number of hydrogen-bond acceptors (Lipinski definition) is 4. The Morgan fingerprint density at radius 2 is 2.04 bits per heavy atom. The maximum absolute atomic E-state index is 9.30. The van der Waals surface area contributed by atoms with Gasteiger partial charge in [0, 0.05) is 24.0 Å². The van der Waals surface area contributed by atoms with Gasteiger partial charge in [0.1, 0.15) is 11.5 Å². The van der Waals surface area contributed by atoms with Gasteiger partial charge in [-0.15, -0.1) is 0 Å². The zero-order valence-corrected chi connectivity index (χ0v) is 14.6. The second-order valence-electron chi connectivity index (χ2n) is 6.69. The van der Waals surface area contributed by atoms with Crippen LogP contribution in [0.15, 0.2) is 65.3 Å². The van der Waals surface area contributed by atoms with Crippen LogP contribution in [0.1, 0.15) is 42.2 Å². The van der Waals surface area contributed by atoms with E-state index in [0.717, 1.165) is 36.6 Å². The molecule has 2 aromatic heterocycles. The van der Waals surface area contributed by atoms with Gasteiger partial charge in [-0.1, -0.05) is 24.6 Å². The highest BCUT2D eigenvalue weighted by atomic mass is 16.3. The topological polar surface area (TPSA) is 53.1 Å². The van der Waals surface area contributed by atoms with E-state index in [1.54, 1.807) is 0 Å². The number of pyridine rings is 1. The minimum Gasteiger partial charge on any atom is -0.460 e. The zero-order valence-electron chi connectivity index (χ0n) is 14.6. The molecule has 1 saturated heterocycles. The summed E-state index contributed by atoms with van der Waals surface area (Å²) >= 11 is 0. The third-order valence-corrected chi connectivity index (χ3v) is 5.02. The van der Waals surface area contributed by atoms with Crippen molar-refractivity contribution in [1.82, 2.24) is 9.88 Å². The van der Waals surface area contributed by atoms with E-state index in [1.807, 2.05) is 54.9 Å². The normalized spacial score (nSPS) is 17.7. The van der Waals surface area contributed by atoms with Crippen molar-refractivity contribution in [1.29, 1.82) is 5.26 Å². The largest absolute Gasteiger partial charge is 0.460 e. The van der Waals surface area contributed by atoms with Crippen molar-refractivity contribution in [3.05, 3.63) is 77.8 Å². The number of furan rings is 1. The van der Waals surface area contributed by atoms with E-state index in [9.17, 15) is 5.26 Å². The molecular weight excluding hydrogens is 322 g/mol. The first-order chi connectivity index (χ1) is 12.8. The molecule has 0 unspecified atom stereocenters. The Bertz CT molecular complexity index is 910. The molecule has 3 aromatic rings. The van der Waals surface area contributed by atoms with Crippen molar-refractivity contribution in [2.75, 3.05) is 6.54 Å². The molecule has 4 nitrogen and oxygen atoms in total. The van der Waals surface area contributed by atoms with Gasteiger partial charge in [-0.3, -0.25) is 9.88 Å². The molecule has 130 valence electrons. The quantitative estimate of drug-likeness (QED) is 0.673. The van der Waals surface area contributed by atoms with Crippen molar-refractivity contribution >= 4 is 0 Å². The lowest BCUT2D eigenvalue weighted by molar-refractivity contribution is 0.130. The van der Waals surface area contributed by atoms with Gasteiger partial charge in [-0.2, -0.15) is 5.26 Å². The van der Waals surface area contributed by atoms with E-state index in [0.29, 0.717) is 11.6 Å². The van der Waals surface area contributed by atoms with Gasteiger partial charge < -0.3 is 4.42 Å². The number of nitrogens with zero attached hydrogens (tertiary/aromatic N) is 3. The summed E-state index contributed by atoms with van der Waals surface area (Å²) in [7, 11) is 0. The van der Waals surface area contributed by atoms with Crippen LogP contribution in [0.2, 0.25) is 0 Å². The summed E-state index contributed by atoms with van der Waals surface area (Å²) < 4.78 is 6.09. The van der Waals surface area contributed by atoms with Crippen LogP contribution in [-0.4, -0.2) is 16.4 Å². The molecule has 3 heterocycles. The smallest absolute Gasteiger partial charge is 0.135 e. The molecule has 0 N–H and O–H groups in total. The lowest BCUT2D eigenvalue weighted by atomic mass is 9.96. The second kappa shape index (κ2) is 7.55. The van der Waals surface area contributed by atoms with Crippen LogP contribution < -0.4 is 0 Å². The molecule has 1 atom stereocenters. The summed E-state index contributed by atoms with van der Waals surface area (Å²) in [5.41, 5.74) is 2.76. The second-order valence-corrected chi connectivity index (χ2v) is 6.69. The van der Waals surface area contributed by atoms with Crippen LogP contribution >= 0.6 is 0 Å². The number of piperidine rings is 1. The molecule has 0 aliphatic carbocycles.